The molecule has 2 atom stereocenters. The molecule has 1 amide bonds. The number of benzene rings is 1. The molecule has 1 fully saturated rings. The predicted octanol–water partition coefficient (Wildman–Crippen LogP) is 2.04. The number of ether oxygens (including phenoxy) is 2. The number of carbonyl (C=O) groups is 2. The Balaban J connectivity index is 2.01. The summed E-state index contributed by atoms with van der Waals surface area (Å²) >= 11 is 0. The first-order valence-corrected chi connectivity index (χ1v) is 7.55. The smallest absolute Gasteiger partial charge is 0.310 e. The monoisotopic (exact) mass is 305 g/mol. The highest BCUT2D eigenvalue weighted by Gasteiger charge is 2.32. The summed E-state index contributed by atoms with van der Waals surface area (Å²) in [6, 6.07) is 7.64. The van der Waals surface area contributed by atoms with Crippen LogP contribution >= 0.6 is 0 Å². The van der Waals surface area contributed by atoms with Crippen LogP contribution in [-0.4, -0.2) is 43.6 Å². The van der Waals surface area contributed by atoms with Gasteiger partial charge in [0.15, 0.2) is 0 Å². The lowest BCUT2D eigenvalue weighted by atomic mass is 9.93. The SMILES string of the molecule is COC(=O)[C@@H]1CC[C@H](C)N(C(=O)Cc2ccc(OC)cc2)C1. The van der Waals surface area contributed by atoms with Crippen LogP contribution < -0.4 is 4.74 Å². The predicted molar refractivity (Wildman–Crippen MR) is 82.6 cm³/mol. The molecule has 0 aliphatic carbocycles. The molecule has 0 radical (unpaired) electrons. The molecule has 0 N–H and O–H groups in total. The van der Waals surface area contributed by atoms with Gasteiger partial charge in [-0.25, -0.2) is 0 Å². The lowest BCUT2D eigenvalue weighted by molar-refractivity contribution is -0.150. The molecule has 0 unspecified atom stereocenters. The van der Waals surface area contributed by atoms with Crippen molar-refractivity contribution in [3.05, 3.63) is 29.8 Å². The molecule has 1 aromatic carbocycles. The van der Waals surface area contributed by atoms with Gasteiger partial charge in [0.1, 0.15) is 5.75 Å². The van der Waals surface area contributed by atoms with Crippen LogP contribution in [0.1, 0.15) is 25.3 Å². The van der Waals surface area contributed by atoms with Crippen molar-refractivity contribution in [2.75, 3.05) is 20.8 Å². The quantitative estimate of drug-likeness (QED) is 0.799. The zero-order valence-electron chi connectivity index (χ0n) is 13.4. The molecular formula is C17H23NO4. The number of rotatable bonds is 4. The van der Waals surface area contributed by atoms with E-state index < -0.39 is 0 Å². The van der Waals surface area contributed by atoms with Crippen molar-refractivity contribution < 1.29 is 19.1 Å². The van der Waals surface area contributed by atoms with Gasteiger partial charge < -0.3 is 14.4 Å². The minimum atomic E-state index is -0.228. The van der Waals surface area contributed by atoms with E-state index in [4.69, 9.17) is 9.47 Å². The Kier molecular flexibility index (Phi) is 5.41. The standard InChI is InChI=1S/C17H23NO4/c1-12-4-7-14(17(20)22-3)11-18(12)16(19)10-13-5-8-15(21-2)9-6-13/h5-6,8-9,12,14H,4,7,10-11H2,1-3H3/t12-,14+/m0/s1. The molecular weight excluding hydrogens is 282 g/mol. The van der Waals surface area contributed by atoms with E-state index in [1.165, 1.54) is 7.11 Å². The van der Waals surface area contributed by atoms with Crippen LogP contribution in [0.25, 0.3) is 0 Å². The van der Waals surface area contributed by atoms with Gasteiger partial charge in [-0.05, 0) is 37.5 Å². The topological polar surface area (TPSA) is 55.8 Å². The van der Waals surface area contributed by atoms with Gasteiger partial charge in [0, 0.05) is 12.6 Å². The van der Waals surface area contributed by atoms with Crippen LogP contribution in [0.3, 0.4) is 0 Å². The van der Waals surface area contributed by atoms with E-state index >= 15 is 0 Å². The van der Waals surface area contributed by atoms with Gasteiger partial charge in [0.05, 0.1) is 26.6 Å². The van der Waals surface area contributed by atoms with E-state index in [0.29, 0.717) is 13.0 Å². The van der Waals surface area contributed by atoms with Crippen molar-refractivity contribution in [3.63, 3.8) is 0 Å². The Morgan fingerprint density at radius 3 is 2.45 bits per heavy atom. The number of methoxy groups -OCH3 is 2. The van der Waals surface area contributed by atoms with Crippen LogP contribution in [0.2, 0.25) is 0 Å². The van der Waals surface area contributed by atoms with Crippen LogP contribution in [0.5, 0.6) is 5.75 Å². The number of nitrogens with zero attached hydrogens (tertiary/aromatic N) is 1. The first-order chi connectivity index (χ1) is 10.5. The van der Waals surface area contributed by atoms with Gasteiger partial charge in [-0.3, -0.25) is 9.59 Å². The number of hydrogen-bond donors (Lipinski definition) is 0. The number of hydrogen-bond acceptors (Lipinski definition) is 4. The Morgan fingerprint density at radius 2 is 1.86 bits per heavy atom. The zero-order chi connectivity index (χ0) is 16.1. The van der Waals surface area contributed by atoms with Crippen LogP contribution in [0.15, 0.2) is 24.3 Å². The molecule has 1 saturated heterocycles. The van der Waals surface area contributed by atoms with Crippen molar-refractivity contribution in [2.45, 2.75) is 32.2 Å². The van der Waals surface area contributed by atoms with Gasteiger partial charge in [0.2, 0.25) is 5.91 Å². The van der Waals surface area contributed by atoms with Gasteiger partial charge in [-0.1, -0.05) is 12.1 Å². The Bertz CT molecular complexity index is 526. The highest BCUT2D eigenvalue weighted by Crippen LogP contribution is 2.24. The largest absolute Gasteiger partial charge is 0.497 e. The fourth-order valence-electron chi connectivity index (χ4n) is 2.83. The van der Waals surface area contributed by atoms with E-state index in [9.17, 15) is 9.59 Å². The first kappa shape index (κ1) is 16.3. The van der Waals surface area contributed by atoms with Gasteiger partial charge in [0.25, 0.3) is 0 Å². The summed E-state index contributed by atoms with van der Waals surface area (Å²) in [4.78, 5) is 26.0. The molecule has 0 saturated carbocycles. The molecule has 1 aliphatic rings. The third kappa shape index (κ3) is 3.78. The molecule has 1 aromatic rings. The second-order valence-electron chi connectivity index (χ2n) is 5.72. The van der Waals surface area contributed by atoms with Crippen molar-refractivity contribution in [2.24, 2.45) is 5.92 Å². The summed E-state index contributed by atoms with van der Waals surface area (Å²) in [6.07, 6.45) is 1.94. The average Bonchev–Trinajstić information content (AvgIpc) is 2.55. The molecule has 5 nitrogen and oxygen atoms in total. The fraction of sp³-hybridized carbons (Fsp3) is 0.529. The van der Waals surface area contributed by atoms with Crippen LogP contribution in [0.4, 0.5) is 0 Å². The van der Waals surface area contributed by atoms with E-state index in [1.54, 1.807) is 12.0 Å². The average molecular weight is 305 g/mol. The minimum absolute atomic E-state index is 0.0475. The third-order valence-corrected chi connectivity index (χ3v) is 4.25. The van der Waals surface area contributed by atoms with Crippen LogP contribution in [-0.2, 0) is 20.7 Å². The highest BCUT2D eigenvalue weighted by atomic mass is 16.5. The van der Waals surface area contributed by atoms with Crippen molar-refractivity contribution in [1.82, 2.24) is 4.90 Å². The lowest BCUT2D eigenvalue weighted by Gasteiger charge is -2.37. The highest BCUT2D eigenvalue weighted by molar-refractivity contribution is 5.80. The summed E-state index contributed by atoms with van der Waals surface area (Å²) < 4.78 is 9.92. The van der Waals surface area contributed by atoms with Gasteiger partial charge in [-0.2, -0.15) is 0 Å². The van der Waals surface area contributed by atoms with Crippen molar-refractivity contribution in [3.8, 4) is 5.75 Å². The van der Waals surface area contributed by atoms with E-state index in [-0.39, 0.29) is 23.8 Å². The normalized spacial score (nSPS) is 21.3. The maximum Gasteiger partial charge on any atom is 0.310 e. The lowest BCUT2D eigenvalue weighted by Crippen LogP contribution is -2.48. The maximum atomic E-state index is 12.5. The molecule has 22 heavy (non-hydrogen) atoms. The molecule has 0 bridgehead atoms. The molecule has 2 rings (SSSR count). The van der Waals surface area contributed by atoms with Crippen molar-refractivity contribution in [1.29, 1.82) is 0 Å². The Hall–Kier alpha value is -2.04. The van der Waals surface area contributed by atoms with Crippen LogP contribution in [0, 0.1) is 5.92 Å². The van der Waals surface area contributed by atoms with E-state index in [0.717, 1.165) is 24.2 Å². The molecule has 1 aliphatic heterocycles. The second kappa shape index (κ2) is 7.29. The first-order valence-electron chi connectivity index (χ1n) is 7.55. The maximum absolute atomic E-state index is 12.5. The van der Waals surface area contributed by atoms with Crippen molar-refractivity contribution >= 4 is 11.9 Å². The summed E-state index contributed by atoms with van der Waals surface area (Å²) in [5, 5.41) is 0. The van der Waals surface area contributed by atoms with E-state index in [1.807, 2.05) is 31.2 Å². The number of amides is 1. The Morgan fingerprint density at radius 1 is 1.18 bits per heavy atom. The van der Waals surface area contributed by atoms with Gasteiger partial charge in [-0.15, -0.1) is 0 Å². The molecule has 0 aromatic heterocycles. The molecule has 120 valence electrons. The number of piperidine rings is 1. The number of esters is 1. The summed E-state index contributed by atoms with van der Waals surface area (Å²) in [5.41, 5.74) is 0.943. The summed E-state index contributed by atoms with van der Waals surface area (Å²) in [7, 11) is 3.01. The Labute approximate surface area is 131 Å². The summed E-state index contributed by atoms with van der Waals surface area (Å²) in [6.45, 7) is 2.47. The molecule has 5 heteroatoms. The number of carbonyl (C=O) groups excluding carboxylic acids is 2. The summed E-state index contributed by atoms with van der Waals surface area (Å²) in [5.74, 6) is 0.384. The van der Waals surface area contributed by atoms with E-state index in [2.05, 4.69) is 0 Å². The zero-order valence-corrected chi connectivity index (χ0v) is 13.4. The minimum Gasteiger partial charge on any atom is -0.497 e. The fourth-order valence-corrected chi connectivity index (χ4v) is 2.83. The number of likely N-dealkylation sites (tertiary alicyclic amines) is 1. The second-order valence-corrected chi connectivity index (χ2v) is 5.72. The molecule has 1 heterocycles. The molecule has 0 spiro atoms. The third-order valence-electron chi connectivity index (χ3n) is 4.25. The van der Waals surface area contributed by atoms with Gasteiger partial charge >= 0.3 is 5.97 Å².